The van der Waals surface area contributed by atoms with Crippen LogP contribution >= 0.6 is 0 Å². The van der Waals surface area contributed by atoms with Gasteiger partial charge in [0.25, 0.3) is 0 Å². The Bertz CT molecular complexity index is 1510. The number of hydrogen-bond acceptors (Lipinski definition) is 0. The van der Waals surface area contributed by atoms with E-state index in [0.717, 1.165) is 12.8 Å². The molecular weight excluding hydrogens is 623 g/mol. The normalized spacial score (nSPS) is 14.0. The maximum absolute atomic E-state index is 2.59. The fourth-order valence-corrected chi connectivity index (χ4v) is 23.8. The molecule has 4 heteroatoms. The van der Waals surface area contributed by atoms with Crippen molar-refractivity contribution >= 4 is 27.7 Å². The first kappa shape index (κ1) is 30.5. The van der Waals surface area contributed by atoms with Gasteiger partial charge in [-0.3, -0.25) is 0 Å². The molecule has 0 fully saturated rings. The van der Waals surface area contributed by atoms with Crippen molar-refractivity contribution in [2.75, 3.05) is 0 Å². The summed E-state index contributed by atoms with van der Waals surface area (Å²) in [7, 11) is 0. The maximum atomic E-state index is 2.59. The van der Waals surface area contributed by atoms with Gasteiger partial charge in [-0.2, -0.15) is 0 Å². The molecule has 0 radical (unpaired) electrons. The molecule has 2 aliphatic carbocycles. The molecule has 0 saturated heterocycles. The summed E-state index contributed by atoms with van der Waals surface area (Å²) in [6, 6.07) is 44.5. The monoisotopic (exact) mass is 652 g/mol. The smallest absolute Gasteiger partial charge is 1.00 e. The van der Waals surface area contributed by atoms with Crippen LogP contribution in [-0.2, 0) is 20.4 Å². The summed E-state index contributed by atoms with van der Waals surface area (Å²) >= 11 is -2.22. The van der Waals surface area contributed by atoms with Crippen LogP contribution in [0.15, 0.2) is 140 Å². The van der Waals surface area contributed by atoms with E-state index in [1.54, 1.807) is 6.56 Å². The van der Waals surface area contributed by atoms with E-state index in [1.165, 1.54) is 44.5 Å². The second-order valence-electron chi connectivity index (χ2n) is 10.2. The van der Waals surface area contributed by atoms with Crippen molar-refractivity contribution in [3.63, 3.8) is 0 Å². The Morgan fingerprint density at radius 3 is 1.05 bits per heavy atom. The number of allylic oxidation sites excluding steroid dienone is 8. The average molecular weight is 655 g/mol. The fourth-order valence-electron chi connectivity index (χ4n) is 6.01. The van der Waals surface area contributed by atoms with Gasteiger partial charge in [-0.1, -0.05) is 0 Å². The van der Waals surface area contributed by atoms with Crippen LogP contribution in [0.2, 0.25) is 13.1 Å². The van der Waals surface area contributed by atoms with Crippen molar-refractivity contribution in [3.05, 3.63) is 162 Å². The third-order valence-corrected chi connectivity index (χ3v) is 24.7. The van der Waals surface area contributed by atoms with Gasteiger partial charge < -0.3 is 24.8 Å². The largest absolute Gasteiger partial charge is 1.00 e. The van der Waals surface area contributed by atoms with Crippen molar-refractivity contribution in [2.24, 2.45) is 0 Å². The van der Waals surface area contributed by atoms with Gasteiger partial charge in [0.15, 0.2) is 0 Å². The van der Waals surface area contributed by atoms with Crippen LogP contribution in [0.3, 0.4) is 0 Å². The van der Waals surface area contributed by atoms with Gasteiger partial charge in [-0.05, 0) is 0 Å². The van der Waals surface area contributed by atoms with Crippen LogP contribution in [-0.4, -0.2) is 5.43 Å². The quantitative estimate of drug-likeness (QED) is 0.279. The van der Waals surface area contributed by atoms with Crippen molar-refractivity contribution in [1.29, 1.82) is 0 Å². The topological polar surface area (TPSA) is 0 Å². The van der Waals surface area contributed by atoms with Gasteiger partial charge in [0.1, 0.15) is 0 Å². The molecule has 0 N–H and O–H groups in total. The minimum absolute atomic E-state index is 0. The molecule has 0 heterocycles. The Morgan fingerprint density at radius 2 is 0.750 bits per heavy atom. The Hall–Kier alpha value is -2.48. The van der Waals surface area contributed by atoms with Crippen LogP contribution in [0.4, 0.5) is 0 Å². The Morgan fingerprint density at radius 1 is 0.450 bits per heavy atom. The van der Waals surface area contributed by atoms with E-state index < -0.39 is 25.8 Å². The van der Waals surface area contributed by atoms with Gasteiger partial charge in [-0.15, -0.1) is 0 Å². The molecule has 4 aromatic rings. The molecule has 0 aromatic heterocycles. The zero-order chi connectivity index (χ0) is 25.9. The first-order valence-electron chi connectivity index (χ1n) is 13.5. The minimum Gasteiger partial charge on any atom is -1.00 e. The number of halogens is 2. The van der Waals surface area contributed by atoms with Gasteiger partial charge in [0.05, 0.1) is 0 Å². The van der Waals surface area contributed by atoms with E-state index >= 15 is 0 Å². The summed E-state index contributed by atoms with van der Waals surface area (Å²) < 4.78 is 3.59. The van der Waals surface area contributed by atoms with E-state index in [2.05, 4.69) is 147 Å². The zero-order valence-corrected chi connectivity index (χ0v) is 27.8. The molecule has 0 unspecified atom stereocenters. The summed E-state index contributed by atoms with van der Waals surface area (Å²) in [4.78, 5) is 0. The molecule has 2 aliphatic rings. The molecule has 0 aliphatic heterocycles. The van der Waals surface area contributed by atoms with Crippen molar-refractivity contribution in [2.45, 2.75) is 25.9 Å². The number of rotatable bonds is 6. The predicted octanol–water partition coefficient (Wildman–Crippen LogP) is 3.66. The SMILES string of the molecule is C[Si](C)=[Zr+2]([C]1=C(c2ccccc2)C(c2ccccc2)=CC1)[C]1=C(c2ccccc2)C(c2ccccc2)=CC1.[Cl-].[Cl-]. The minimum atomic E-state index is -2.22. The summed E-state index contributed by atoms with van der Waals surface area (Å²) in [5.41, 5.74) is 10.9. The molecule has 0 amide bonds. The molecule has 4 aromatic carbocycles. The van der Waals surface area contributed by atoms with E-state index in [1.807, 2.05) is 0 Å². The molecular formula is C36H32Cl2SiZr. The van der Waals surface area contributed by atoms with Gasteiger partial charge >= 0.3 is 236 Å². The predicted molar refractivity (Wildman–Crippen MR) is 162 cm³/mol. The van der Waals surface area contributed by atoms with Gasteiger partial charge in [-0.25, -0.2) is 0 Å². The second kappa shape index (κ2) is 13.9. The first-order valence-corrected chi connectivity index (χ1v) is 22.1. The van der Waals surface area contributed by atoms with Crippen LogP contribution in [0.25, 0.3) is 22.3 Å². The Kier molecular flexibility index (Phi) is 10.6. The molecule has 0 nitrogen and oxygen atoms in total. The summed E-state index contributed by atoms with van der Waals surface area (Å²) in [6.45, 7) is 5.18. The van der Waals surface area contributed by atoms with E-state index in [9.17, 15) is 0 Å². The summed E-state index contributed by atoms with van der Waals surface area (Å²) in [6.07, 6.45) is 7.26. The third-order valence-electron chi connectivity index (χ3n) is 7.56. The Balaban J connectivity index is 0.00000185. The molecule has 0 atom stereocenters. The van der Waals surface area contributed by atoms with Crippen molar-refractivity contribution < 1.29 is 45.2 Å². The Labute approximate surface area is 259 Å². The molecule has 0 spiro atoms. The van der Waals surface area contributed by atoms with E-state index in [-0.39, 0.29) is 24.8 Å². The van der Waals surface area contributed by atoms with Crippen LogP contribution in [0.5, 0.6) is 0 Å². The second-order valence-corrected chi connectivity index (χ2v) is 27.3. The fraction of sp³-hybridized carbons (Fsp3) is 0.111. The van der Waals surface area contributed by atoms with Gasteiger partial charge in [0.2, 0.25) is 0 Å². The van der Waals surface area contributed by atoms with Gasteiger partial charge in [0, 0.05) is 0 Å². The van der Waals surface area contributed by atoms with Crippen LogP contribution in [0, 0.1) is 0 Å². The van der Waals surface area contributed by atoms with Crippen molar-refractivity contribution in [1.82, 2.24) is 0 Å². The van der Waals surface area contributed by atoms with Crippen molar-refractivity contribution in [3.8, 4) is 0 Å². The number of benzene rings is 4. The van der Waals surface area contributed by atoms with Crippen LogP contribution < -0.4 is 24.8 Å². The zero-order valence-electron chi connectivity index (χ0n) is 22.9. The first-order chi connectivity index (χ1) is 18.7. The number of hydrogen-bond donors (Lipinski definition) is 0. The molecule has 0 bridgehead atoms. The molecule has 0 saturated carbocycles. The summed E-state index contributed by atoms with van der Waals surface area (Å²) in [5, 5.41) is 0. The maximum Gasteiger partial charge on any atom is -1.00 e. The molecule has 6 rings (SSSR count). The third kappa shape index (κ3) is 6.07. The average Bonchev–Trinajstić information content (AvgIpc) is 3.60. The molecule has 40 heavy (non-hydrogen) atoms. The van der Waals surface area contributed by atoms with Crippen LogP contribution in [0.1, 0.15) is 35.1 Å². The standard InChI is InChI=1S/2C17H13.C2H6Si.2ClH.Zr/c2*1-3-8-14(9-4-1)16-12-7-13-17(16)15-10-5-2-6-11-15;1-3-2;;;/h2*1-6,8-12H,7H2;1-2H3;2*1H;/q;;;;;+2/p-2. The van der Waals surface area contributed by atoms with E-state index in [4.69, 9.17) is 0 Å². The van der Waals surface area contributed by atoms with E-state index in [0.29, 0.717) is 0 Å². The molecule has 198 valence electrons. The summed E-state index contributed by atoms with van der Waals surface area (Å²) in [5.74, 6) is 0.